The smallest absolute Gasteiger partial charge is 0.177 e. The number of rotatable bonds is 3. The zero-order valence-electron chi connectivity index (χ0n) is 7.88. The third kappa shape index (κ3) is 2.61. The van der Waals surface area contributed by atoms with E-state index in [-0.39, 0.29) is 11.7 Å². The lowest BCUT2D eigenvalue weighted by atomic mass is 10.1. The van der Waals surface area contributed by atoms with E-state index in [1.54, 1.807) is 6.07 Å². The van der Waals surface area contributed by atoms with Gasteiger partial charge in [-0.25, -0.2) is 0 Å². The van der Waals surface area contributed by atoms with Gasteiger partial charge in [0, 0.05) is 5.56 Å². The van der Waals surface area contributed by atoms with E-state index in [0.29, 0.717) is 20.4 Å². The van der Waals surface area contributed by atoms with Crippen molar-refractivity contribution >= 4 is 40.0 Å². The second-order valence-corrected chi connectivity index (χ2v) is 4.05. The van der Waals surface area contributed by atoms with Crippen LogP contribution in [0.4, 0.5) is 0 Å². The SMILES string of the molecule is COc1cc(C(=O)CCl)cc(C#N)c1I. The number of hydrogen-bond acceptors (Lipinski definition) is 3. The molecule has 0 aliphatic heterocycles. The first-order chi connectivity index (χ1) is 7.13. The molecule has 78 valence electrons. The maximum Gasteiger partial charge on any atom is 0.177 e. The Kier molecular flexibility index (Phi) is 4.36. The molecule has 0 bridgehead atoms. The van der Waals surface area contributed by atoms with E-state index in [2.05, 4.69) is 0 Å². The number of benzene rings is 1. The van der Waals surface area contributed by atoms with Crippen molar-refractivity contribution in [2.75, 3.05) is 13.0 Å². The number of Topliss-reactive ketones (excluding diaryl/α,β-unsaturated/α-hetero) is 1. The maximum atomic E-state index is 11.4. The molecular weight excluding hydrogens is 328 g/mol. The molecule has 0 saturated carbocycles. The van der Waals surface area contributed by atoms with Crippen molar-refractivity contribution in [3.8, 4) is 11.8 Å². The van der Waals surface area contributed by atoms with Crippen LogP contribution in [0, 0.1) is 14.9 Å². The molecule has 0 fully saturated rings. The summed E-state index contributed by atoms with van der Waals surface area (Å²) in [5, 5.41) is 8.86. The van der Waals surface area contributed by atoms with Gasteiger partial charge < -0.3 is 4.74 Å². The highest BCUT2D eigenvalue weighted by atomic mass is 127. The molecule has 0 saturated heterocycles. The monoisotopic (exact) mass is 335 g/mol. The van der Waals surface area contributed by atoms with Gasteiger partial charge in [0.15, 0.2) is 5.78 Å². The lowest BCUT2D eigenvalue weighted by molar-refractivity contribution is 0.102. The fourth-order valence-corrected chi connectivity index (χ4v) is 1.87. The Morgan fingerprint density at radius 2 is 2.33 bits per heavy atom. The molecule has 0 unspecified atom stereocenters. The Morgan fingerprint density at radius 3 is 2.80 bits per heavy atom. The van der Waals surface area contributed by atoms with Crippen LogP contribution in [0.5, 0.6) is 5.75 Å². The fraction of sp³-hybridized carbons (Fsp3) is 0.200. The molecule has 0 heterocycles. The van der Waals surface area contributed by atoms with Gasteiger partial charge in [0.25, 0.3) is 0 Å². The fourth-order valence-electron chi connectivity index (χ4n) is 1.07. The van der Waals surface area contributed by atoms with E-state index in [4.69, 9.17) is 21.6 Å². The number of nitrogens with zero attached hydrogens (tertiary/aromatic N) is 1. The van der Waals surface area contributed by atoms with Gasteiger partial charge in [-0.05, 0) is 34.7 Å². The van der Waals surface area contributed by atoms with E-state index >= 15 is 0 Å². The number of methoxy groups -OCH3 is 1. The molecule has 1 aromatic rings. The van der Waals surface area contributed by atoms with Gasteiger partial charge >= 0.3 is 0 Å². The molecule has 0 aliphatic rings. The minimum atomic E-state index is -0.220. The zero-order chi connectivity index (χ0) is 11.4. The van der Waals surface area contributed by atoms with Crippen LogP contribution < -0.4 is 4.74 Å². The molecule has 0 aliphatic carbocycles. The summed E-state index contributed by atoms with van der Waals surface area (Å²) in [5.41, 5.74) is 0.822. The van der Waals surface area contributed by atoms with Crippen LogP contribution in [-0.4, -0.2) is 18.8 Å². The molecule has 1 rings (SSSR count). The number of hydrogen-bond donors (Lipinski definition) is 0. The Bertz CT molecular complexity index is 440. The molecule has 15 heavy (non-hydrogen) atoms. The highest BCUT2D eigenvalue weighted by Gasteiger charge is 2.12. The number of nitriles is 1. The van der Waals surface area contributed by atoms with Crippen molar-refractivity contribution in [2.24, 2.45) is 0 Å². The standard InChI is InChI=1S/C10H7ClINO2/c1-15-9-3-6(8(14)4-11)2-7(5-13)10(9)12/h2-3H,4H2,1H3. The Balaban J connectivity index is 3.34. The van der Waals surface area contributed by atoms with Gasteiger partial charge in [0.05, 0.1) is 22.1 Å². The van der Waals surface area contributed by atoms with E-state index in [1.165, 1.54) is 13.2 Å². The number of halogens is 2. The second kappa shape index (κ2) is 5.33. The Morgan fingerprint density at radius 1 is 1.67 bits per heavy atom. The van der Waals surface area contributed by atoms with Crippen LogP contribution in [0.25, 0.3) is 0 Å². The first-order valence-electron chi connectivity index (χ1n) is 4.00. The van der Waals surface area contributed by atoms with E-state index in [1.807, 2.05) is 28.7 Å². The summed E-state index contributed by atoms with van der Waals surface area (Å²) in [5.74, 6) is 0.195. The van der Waals surface area contributed by atoms with Crippen LogP contribution in [-0.2, 0) is 0 Å². The highest BCUT2D eigenvalue weighted by molar-refractivity contribution is 14.1. The van der Waals surface area contributed by atoms with E-state index < -0.39 is 0 Å². The number of carbonyl (C=O) groups is 1. The molecule has 1 aromatic carbocycles. The van der Waals surface area contributed by atoms with Gasteiger partial charge in [0.2, 0.25) is 0 Å². The second-order valence-electron chi connectivity index (χ2n) is 2.71. The molecular formula is C10H7ClINO2. The van der Waals surface area contributed by atoms with Crippen LogP contribution in [0.15, 0.2) is 12.1 Å². The average Bonchev–Trinajstić information content (AvgIpc) is 2.28. The molecule has 5 heteroatoms. The summed E-state index contributed by atoms with van der Waals surface area (Å²) < 4.78 is 5.77. The largest absolute Gasteiger partial charge is 0.496 e. The van der Waals surface area contributed by atoms with Crippen LogP contribution >= 0.6 is 34.2 Å². The molecule has 0 radical (unpaired) electrons. The predicted molar refractivity (Wildman–Crippen MR) is 65.5 cm³/mol. The van der Waals surface area contributed by atoms with E-state index in [0.717, 1.165) is 0 Å². The lowest BCUT2D eigenvalue weighted by Gasteiger charge is -2.06. The highest BCUT2D eigenvalue weighted by Crippen LogP contribution is 2.26. The maximum absolute atomic E-state index is 11.4. The number of carbonyl (C=O) groups excluding carboxylic acids is 1. The number of ether oxygens (including phenoxy) is 1. The topological polar surface area (TPSA) is 50.1 Å². The van der Waals surface area contributed by atoms with Gasteiger partial charge in [-0.2, -0.15) is 5.26 Å². The number of ketones is 1. The average molecular weight is 336 g/mol. The van der Waals surface area contributed by atoms with Crippen LogP contribution in [0.1, 0.15) is 15.9 Å². The van der Waals surface area contributed by atoms with Crippen molar-refractivity contribution < 1.29 is 9.53 Å². The van der Waals surface area contributed by atoms with Gasteiger partial charge in [-0.1, -0.05) is 0 Å². The molecule has 0 N–H and O–H groups in total. The van der Waals surface area contributed by atoms with E-state index in [9.17, 15) is 4.79 Å². The molecule has 3 nitrogen and oxygen atoms in total. The predicted octanol–water partition coefficient (Wildman–Crippen LogP) is 2.59. The lowest BCUT2D eigenvalue weighted by Crippen LogP contribution is -2.03. The van der Waals surface area contributed by atoms with Crippen molar-refractivity contribution in [2.45, 2.75) is 0 Å². The van der Waals surface area contributed by atoms with Crippen molar-refractivity contribution in [3.05, 3.63) is 26.8 Å². The zero-order valence-corrected chi connectivity index (χ0v) is 10.8. The number of alkyl halides is 1. The third-order valence-corrected chi connectivity index (χ3v) is 3.18. The summed E-state index contributed by atoms with van der Waals surface area (Å²) in [6.45, 7) is 0. The first kappa shape index (κ1) is 12.3. The summed E-state index contributed by atoms with van der Waals surface area (Å²) in [7, 11) is 1.49. The first-order valence-corrected chi connectivity index (χ1v) is 5.62. The van der Waals surface area contributed by atoms with Gasteiger partial charge in [-0.3, -0.25) is 4.79 Å². The van der Waals surface area contributed by atoms with Crippen LogP contribution in [0.3, 0.4) is 0 Å². The third-order valence-electron chi connectivity index (χ3n) is 1.82. The summed E-state index contributed by atoms with van der Waals surface area (Å²) in [4.78, 5) is 11.4. The summed E-state index contributed by atoms with van der Waals surface area (Å²) >= 11 is 7.44. The summed E-state index contributed by atoms with van der Waals surface area (Å²) in [6.07, 6.45) is 0. The van der Waals surface area contributed by atoms with Gasteiger partial charge in [-0.15, -0.1) is 11.6 Å². The molecule has 0 amide bonds. The minimum Gasteiger partial charge on any atom is -0.496 e. The van der Waals surface area contributed by atoms with Crippen molar-refractivity contribution in [1.29, 1.82) is 5.26 Å². The molecule has 0 atom stereocenters. The van der Waals surface area contributed by atoms with Crippen molar-refractivity contribution in [3.63, 3.8) is 0 Å². The summed E-state index contributed by atoms with van der Waals surface area (Å²) in [6, 6.07) is 5.12. The Hall–Kier alpha value is -0.800. The Labute approximate surface area is 106 Å². The molecule has 0 aromatic heterocycles. The van der Waals surface area contributed by atoms with Gasteiger partial charge in [0.1, 0.15) is 11.8 Å². The van der Waals surface area contributed by atoms with Crippen LogP contribution in [0.2, 0.25) is 0 Å². The van der Waals surface area contributed by atoms with Crippen molar-refractivity contribution in [1.82, 2.24) is 0 Å². The molecule has 0 spiro atoms. The normalized spacial score (nSPS) is 9.47. The minimum absolute atomic E-state index is 0.103. The quantitative estimate of drug-likeness (QED) is 0.485.